The Labute approximate surface area is 191 Å². The van der Waals surface area contributed by atoms with Crippen molar-refractivity contribution in [1.29, 1.82) is 0 Å². The SMILES string of the molecule is CCC1CCN2C(=O)c3c(O)c(=O)c(-c4nnc(Cc5ccc(F)cc5F)s4)cn3C[C@H]2O1. The molecule has 1 amide bonds. The third kappa shape index (κ3) is 3.80. The summed E-state index contributed by atoms with van der Waals surface area (Å²) in [4.78, 5) is 27.4. The fraction of sp³-hybridized carbons (Fsp3) is 0.364. The number of amides is 1. The molecule has 2 atom stereocenters. The fourth-order valence-corrected chi connectivity index (χ4v) is 5.07. The lowest BCUT2D eigenvalue weighted by atomic mass is 10.1. The van der Waals surface area contributed by atoms with Crippen molar-refractivity contribution in [2.75, 3.05) is 6.54 Å². The van der Waals surface area contributed by atoms with Gasteiger partial charge in [0.1, 0.15) is 16.6 Å². The molecule has 1 unspecified atom stereocenters. The second-order valence-electron chi connectivity index (χ2n) is 8.04. The van der Waals surface area contributed by atoms with Crippen LogP contribution in [-0.4, -0.2) is 49.6 Å². The maximum absolute atomic E-state index is 14.0. The summed E-state index contributed by atoms with van der Waals surface area (Å²) in [6, 6.07) is 3.28. The van der Waals surface area contributed by atoms with E-state index < -0.39 is 34.9 Å². The number of fused-ring (bicyclic) bond motifs is 2. The van der Waals surface area contributed by atoms with Gasteiger partial charge in [-0.2, -0.15) is 0 Å². The molecule has 1 N–H and O–H groups in total. The van der Waals surface area contributed by atoms with Crippen molar-refractivity contribution >= 4 is 17.2 Å². The number of carbonyl (C=O) groups excluding carboxylic acids is 1. The Morgan fingerprint density at radius 2 is 2.09 bits per heavy atom. The van der Waals surface area contributed by atoms with Gasteiger partial charge >= 0.3 is 0 Å². The van der Waals surface area contributed by atoms with Gasteiger partial charge in [0.25, 0.3) is 5.91 Å². The Hall–Kier alpha value is -3.18. The maximum Gasteiger partial charge on any atom is 0.276 e. The van der Waals surface area contributed by atoms with Crippen LogP contribution in [0.4, 0.5) is 8.78 Å². The molecule has 2 aliphatic heterocycles. The van der Waals surface area contributed by atoms with E-state index in [4.69, 9.17) is 4.74 Å². The molecule has 1 saturated heterocycles. The van der Waals surface area contributed by atoms with Crippen molar-refractivity contribution in [3.8, 4) is 16.3 Å². The van der Waals surface area contributed by atoms with Crippen LogP contribution in [0.3, 0.4) is 0 Å². The monoisotopic (exact) mass is 474 g/mol. The molecule has 8 nitrogen and oxygen atoms in total. The number of rotatable bonds is 4. The number of hydrogen-bond acceptors (Lipinski definition) is 7. The predicted molar refractivity (Wildman–Crippen MR) is 115 cm³/mol. The Bertz CT molecular complexity index is 1310. The van der Waals surface area contributed by atoms with Crippen LogP contribution in [0.1, 0.15) is 40.8 Å². The van der Waals surface area contributed by atoms with Crippen LogP contribution >= 0.6 is 11.3 Å². The molecule has 3 aromatic rings. The highest BCUT2D eigenvalue weighted by Crippen LogP contribution is 2.31. The second kappa shape index (κ2) is 8.31. The smallest absolute Gasteiger partial charge is 0.276 e. The highest BCUT2D eigenvalue weighted by Gasteiger charge is 2.39. The van der Waals surface area contributed by atoms with E-state index in [0.717, 1.165) is 29.9 Å². The van der Waals surface area contributed by atoms with Crippen LogP contribution in [-0.2, 0) is 17.7 Å². The number of hydrogen-bond donors (Lipinski definition) is 1. The van der Waals surface area contributed by atoms with E-state index in [-0.39, 0.29) is 40.9 Å². The summed E-state index contributed by atoms with van der Waals surface area (Å²) < 4.78 is 34.7. The molecule has 0 aliphatic carbocycles. The van der Waals surface area contributed by atoms with Gasteiger partial charge in [0.2, 0.25) is 5.43 Å². The molecule has 172 valence electrons. The molecule has 4 heterocycles. The second-order valence-corrected chi connectivity index (χ2v) is 9.11. The van der Waals surface area contributed by atoms with Gasteiger partial charge in [0.15, 0.2) is 22.7 Å². The van der Waals surface area contributed by atoms with Gasteiger partial charge in [-0.3, -0.25) is 9.59 Å². The third-order valence-electron chi connectivity index (χ3n) is 5.97. The Morgan fingerprint density at radius 3 is 2.85 bits per heavy atom. The molecule has 0 radical (unpaired) electrons. The first-order chi connectivity index (χ1) is 15.9. The maximum atomic E-state index is 14.0. The van der Waals surface area contributed by atoms with E-state index in [1.165, 1.54) is 16.8 Å². The minimum absolute atomic E-state index is 0.0469. The average molecular weight is 474 g/mol. The summed E-state index contributed by atoms with van der Waals surface area (Å²) in [6.07, 6.45) is 2.65. The lowest BCUT2D eigenvalue weighted by molar-refractivity contribution is -0.134. The number of aromatic nitrogens is 3. The lowest BCUT2D eigenvalue weighted by Crippen LogP contribution is -2.55. The molecule has 1 aromatic carbocycles. The van der Waals surface area contributed by atoms with Crippen molar-refractivity contribution in [2.24, 2.45) is 0 Å². The van der Waals surface area contributed by atoms with Gasteiger partial charge in [-0.1, -0.05) is 24.3 Å². The van der Waals surface area contributed by atoms with E-state index in [1.807, 2.05) is 6.92 Å². The zero-order valence-corrected chi connectivity index (χ0v) is 18.4. The minimum Gasteiger partial charge on any atom is -0.503 e. The van der Waals surface area contributed by atoms with Crippen LogP contribution in [0.5, 0.6) is 5.75 Å². The minimum atomic E-state index is -0.729. The largest absolute Gasteiger partial charge is 0.503 e. The normalized spacial score (nSPS) is 20.0. The topological polar surface area (TPSA) is 97.5 Å². The predicted octanol–water partition coefficient (Wildman–Crippen LogP) is 2.92. The summed E-state index contributed by atoms with van der Waals surface area (Å²) in [6.45, 7) is 2.78. The summed E-state index contributed by atoms with van der Waals surface area (Å²) in [5.41, 5.74) is -0.469. The number of pyridine rings is 1. The van der Waals surface area contributed by atoms with Crippen molar-refractivity contribution in [2.45, 2.75) is 45.1 Å². The van der Waals surface area contributed by atoms with Crippen LogP contribution in [0.15, 0.2) is 29.2 Å². The summed E-state index contributed by atoms with van der Waals surface area (Å²) in [7, 11) is 0. The summed E-state index contributed by atoms with van der Waals surface area (Å²) in [5.74, 6) is -2.46. The first kappa shape index (κ1) is 21.7. The Balaban J connectivity index is 1.48. The summed E-state index contributed by atoms with van der Waals surface area (Å²) >= 11 is 1.06. The number of ether oxygens (including phenoxy) is 1. The molecular formula is C22H20F2N4O4S. The van der Waals surface area contributed by atoms with Gasteiger partial charge < -0.3 is 19.3 Å². The average Bonchev–Trinajstić information content (AvgIpc) is 3.26. The Kier molecular flexibility index (Phi) is 5.45. The van der Waals surface area contributed by atoms with E-state index in [1.54, 1.807) is 4.90 Å². The van der Waals surface area contributed by atoms with Crippen LogP contribution in [0.25, 0.3) is 10.6 Å². The van der Waals surface area contributed by atoms with Crippen molar-refractivity contribution in [1.82, 2.24) is 19.7 Å². The third-order valence-corrected chi connectivity index (χ3v) is 6.93. The van der Waals surface area contributed by atoms with Gasteiger partial charge in [0, 0.05) is 25.2 Å². The van der Waals surface area contributed by atoms with E-state index in [9.17, 15) is 23.5 Å². The highest BCUT2D eigenvalue weighted by molar-refractivity contribution is 7.14. The Morgan fingerprint density at radius 1 is 1.27 bits per heavy atom. The van der Waals surface area contributed by atoms with E-state index >= 15 is 0 Å². The molecule has 1 fully saturated rings. The molecule has 2 aromatic heterocycles. The fourth-order valence-electron chi connectivity index (χ4n) is 4.20. The zero-order chi connectivity index (χ0) is 23.3. The quantitative estimate of drug-likeness (QED) is 0.625. The first-order valence-electron chi connectivity index (χ1n) is 10.5. The van der Waals surface area contributed by atoms with Crippen molar-refractivity contribution < 1.29 is 23.4 Å². The van der Waals surface area contributed by atoms with Gasteiger partial charge in [-0.15, -0.1) is 10.2 Å². The molecule has 0 saturated carbocycles. The van der Waals surface area contributed by atoms with Crippen LogP contribution in [0, 0.1) is 11.6 Å². The number of nitrogens with zero attached hydrogens (tertiary/aromatic N) is 4. The lowest BCUT2D eigenvalue weighted by Gasteiger charge is -2.43. The van der Waals surface area contributed by atoms with Gasteiger partial charge in [-0.05, 0) is 24.5 Å². The van der Waals surface area contributed by atoms with E-state index in [2.05, 4.69) is 10.2 Å². The molecular weight excluding hydrogens is 454 g/mol. The van der Waals surface area contributed by atoms with Crippen LogP contribution < -0.4 is 5.43 Å². The molecule has 5 rings (SSSR count). The molecule has 2 aliphatic rings. The van der Waals surface area contributed by atoms with E-state index in [0.29, 0.717) is 18.0 Å². The first-order valence-corrected chi connectivity index (χ1v) is 11.4. The standard InChI is InChI=1S/C22H20F2N4O4S/c1-2-13-5-6-28-17(32-13)10-27-9-14(19(29)20(30)18(27)22(28)31)21-26-25-16(33-21)7-11-3-4-12(23)8-15(11)24/h3-4,8-9,13,17,30H,2,5-7,10H2,1H3/t13?,17-/m1/s1. The number of halogens is 2. The molecule has 33 heavy (non-hydrogen) atoms. The number of benzene rings is 1. The zero-order valence-electron chi connectivity index (χ0n) is 17.6. The molecule has 0 spiro atoms. The highest BCUT2D eigenvalue weighted by atomic mass is 32.1. The summed E-state index contributed by atoms with van der Waals surface area (Å²) in [5, 5.41) is 19.3. The molecule has 11 heteroatoms. The van der Waals surface area contributed by atoms with Crippen molar-refractivity contribution in [3.63, 3.8) is 0 Å². The van der Waals surface area contributed by atoms with Crippen LogP contribution in [0.2, 0.25) is 0 Å². The van der Waals surface area contributed by atoms with Gasteiger partial charge in [-0.25, -0.2) is 8.78 Å². The van der Waals surface area contributed by atoms with Crippen molar-refractivity contribution in [3.05, 3.63) is 62.5 Å². The van der Waals surface area contributed by atoms with Gasteiger partial charge in [0.05, 0.1) is 18.2 Å². The molecule has 0 bridgehead atoms. The number of carbonyl (C=O) groups is 1. The number of aromatic hydroxyl groups is 1.